The van der Waals surface area contributed by atoms with Gasteiger partial charge < -0.3 is 10.1 Å². The molecule has 3 rings (SSSR count). The summed E-state index contributed by atoms with van der Waals surface area (Å²) in [6, 6.07) is 19.8. The van der Waals surface area contributed by atoms with Crippen LogP contribution in [0.1, 0.15) is 0 Å². The van der Waals surface area contributed by atoms with Crippen molar-refractivity contribution in [3.05, 3.63) is 84.4 Å². The number of hydrogen-bond acceptors (Lipinski definition) is 4. The summed E-state index contributed by atoms with van der Waals surface area (Å²) in [4.78, 5) is 24.0. The first-order chi connectivity index (χ1) is 14.0. The molecule has 3 aromatic rings. The summed E-state index contributed by atoms with van der Waals surface area (Å²) in [5.74, 6) is -2.67. The molecule has 3 aromatic carbocycles. The number of nitrogens with one attached hydrogen (secondary N) is 1. The molecule has 1 N–H and O–H groups in total. The summed E-state index contributed by atoms with van der Waals surface area (Å²) in [6.45, 7) is -0.478. The van der Waals surface area contributed by atoms with Crippen molar-refractivity contribution in [3.8, 4) is 11.1 Å². The van der Waals surface area contributed by atoms with Gasteiger partial charge in [-0.1, -0.05) is 48.5 Å². The van der Waals surface area contributed by atoms with Gasteiger partial charge in [-0.25, -0.2) is 8.78 Å². The first-order valence-corrected chi connectivity index (χ1v) is 9.69. The predicted octanol–water partition coefficient (Wildman–Crippen LogP) is 4.91. The minimum atomic E-state index is -0.704. The first kappa shape index (κ1) is 20.5. The molecule has 0 saturated heterocycles. The van der Waals surface area contributed by atoms with Gasteiger partial charge in [0.1, 0.15) is 11.6 Å². The van der Waals surface area contributed by atoms with E-state index in [-0.39, 0.29) is 10.6 Å². The topological polar surface area (TPSA) is 55.4 Å². The van der Waals surface area contributed by atoms with E-state index in [0.29, 0.717) is 5.69 Å². The molecule has 0 heterocycles. The molecule has 0 unspecified atom stereocenters. The molecule has 0 saturated carbocycles. The second-order valence-corrected chi connectivity index (χ2v) is 7.00. The molecule has 1 amide bonds. The maximum atomic E-state index is 13.6. The molecule has 0 fully saturated rings. The highest BCUT2D eigenvalue weighted by molar-refractivity contribution is 8.00. The summed E-state index contributed by atoms with van der Waals surface area (Å²) in [5.41, 5.74) is 2.37. The van der Waals surface area contributed by atoms with E-state index in [4.69, 9.17) is 4.74 Å². The highest BCUT2D eigenvalue weighted by Gasteiger charge is 2.13. The van der Waals surface area contributed by atoms with Crippen molar-refractivity contribution in [2.24, 2.45) is 0 Å². The highest BCUT2D eigenvalue weighted by atomic mass is 32.2. The smallest absolute Gasteiger partial charge is 0.316 e. The Hall–Kier alpha value is -3.19. The number of carbonyl (C=O) groups is 2. The van der Waals surface area contributed by atoms with Gasteiger partial charge in [-0.3, -0.25) is 9.59 Å². The van der Waals surface area contributed by atoms with E-state index < -0.39 is 30.1 Å². The van der Waals surface area contributed by atoms with Crippen molar-refractivity contribution < 1.29 is 23.1 Å². The lowest BCUT2D eigenvalue weighted by Gasteiger charge is -2.11. The molecule has 0 aliphatic rings. The Balaban J connectivity index is 1.53. The fraction of sp³-hybridized carbons (Fsp3) is 0.0909. The number of benzene rings is 3. The van der Waals surface area contributed by atoms with Crippen LogP contribution in [0.5, 0.6) is 0 Å². The Labute approximate surface area is 170 Å². The number of hydrogen-bond donors (Lipinski definition) is 1. The average Bonchev–Trinajstić information content (AvgIpc) is 2.74. The van der Waals surface area contributed by atoms with Crippen LogP contribution in [0.2, 0.25) is 0 Å². The fourth-order valence-corrected chi connectivity index (χ4v) is 3.32. The molecule has 0 spiro atoms. The number of rotatable bonds is 7. The van der Waals surface area contributed by atoms with E-state index in [2.05, 4.69) is 5.32 Å². The Kier molecular flexibility index (Phi) is 6.97. The minimum Gasteiger partial charge on any atom is -0.455 e. The molecule has 7 heteroatoms. The number of amides is 1. The van der Waals surface area contributed by atoms with Crippen LogP contribution in [0.3, 0.4) is 0 Å². The van der Waals surface area contributed by atoms with Gasteiger partial charge in [0.2, 0.25) is 0 Å². The molecular formula is C22H17F2NO3S. The van der Waals surface area contributed by atoms with Crippen LogP contribution >= 0.6 is 11.8 Å². The van der Waals surface area contributed by atoms with Gasteiger partial charge in [0.15, 0.2) is 6.61 Å². The minimum absolute atomic E-state index is 0.00295. The maximum Gasteiger partial charge on any atom is 0.316 e. The Bertz CT molecular complexity index is 1010. The second-order valence-electron chi connectivity index (χ2n) is 5.98. The summed E-state index contributed by atoms with van der Waals surface area (Å²) in [7, 11) is 0. The van der Waals surface area contributed by atoms with E-state index in [0.717, 1.165) is 41.1 Å². The average molecular weight is 413 g/mol. The van der Waals surface area contributed by atoms with Gasteiger partial charge in [-0.2, -0.15) is 0 Å². The van der Waals surface area contributed by atoms with Gasteiger partial charge in [-0.05, 0) is 29.8 Å². The summed E-state index contributed by atoms with van der Waals surface area (Å²) < 4.78 is 31.6. The number of thioether (sulfide) groups is 1. The lowest BCUT2D eigenvalue weighted by Crippen LogP contribution is -2.22. The molecule has 29 heavy (non-hydrogen) atoms. The quantitative estimate of drug-likeness (QED) is 0.442. The molecule has 4 nitrogen and oxygen atoms in total. The number of carbonyl (C=O) groups excluding carboxylic acids is 2. The molecule has 0 aliphatic carbocycles. The molecule has 0 bridgehead atoms. The van der Waals surface area contributed by atoms with Crippen LogP contribution in [-0.2, 0) is 14.3 Å². The first-order valence-electron chi connectivity index (χ1n) is 8.70. The number of ether oxygens (including phenoxy) is 1. The number of para-hydroxylation sites is 1. The zero-order valence-electron chi connectivity index (χ0n) is 15.2. The van der Waals surface area contributed by atoms with Crippen molar-refractivity contribution in [2.75, 3.05) is 17.7 Å². The van der Waals surface area contributed by atoms with E-state index in [9.17, 15) is 18.4 Å². The molecular weight excluding hydrogens is 396 g/mol. The number of halogens is 2. The van der Waals surface area contributed by atoms with Crippen molar-refractivity contribution >= 4 is 29.3 Å². The third kappa shape index (κ3) is 5.89. The van der Waals surface area contributed by atoms with Gasteiger partial charge in [-0.15, -0.1) is 11.8 Å². The van der Waals surface area contributed by atoms with Crippen LogP contribution in [0, 0.1) is 11.6 Å². The maximum absolute atomic E-state index is 13.6. The van der Waals surface area contributed by atoms with Crippen molar-refractivity contribution in [3.63, 3.8) is 0 Å². The normalized spacial score (nSPS) is 10.4. The van der Waals surface area contributed by atoms with Crippen molar-refractivity contribution in [1.82, 2.24) is 0 Å². The van der Waals surface area contributed by atoms with Crippen LogP contribution in [0.15, 0.2) is 77.7 Å². The summed E-state index contributed by atoms with van der Waals surface area (Å²) >= 11 is 0.803. The molecule has 0 aromatic heterocycles. The van der Waals surface area contributed by atoms with Gasteiger partial charge in [0.05, 0.1) is 5.75 Å². The molecule has 0 aliphatic heterocycles. The van der Waals surface area contributed by atoms with Gasteiger partial charge in [0.25, 0.3) is 5.91 Å². The van der Waals surface area contributed by atoms with Gasteiger partial charge >= 0.3 is 5.97 Å². The van der Waals surface area contributed by atoms with Crippen LogP contribution < -0.4 is 5.32 Å². The van der Waals surface area contributed by atoms with Crippen molar-refractivity contribution in [2.45, 2.75) is 4.90 Å². The van der Waals surface area contributed by atoms with Gasteiger partial charge in [0, 0.05) is 16.1 Å². The van der Waals surface area contributed by atoms with Crippen molar-refractivity contribution in [1.29, 1.82) is 0 Å². The standard InChI is InChI=1S/C22H17F2NO3S/c23-16-10-11-18(24)20(12-16)29-14-22(27)28-13-21(26)25-19-9-5-4-8-17(19)15-6-2-1-3-7-15/h1-12H,13-14H2,(H,25,26). The fourth-order valence-electron chi connectivity index (χ4n) is 2.56. The predicted molar refractivity (Wildman–Crippen MR) is 109 cm³/mol. The summed E-state index contributed by atoms with van der Waals surface area (Å²) in [6.07, 6.45) is 0. The summed E-state index contributed by atoms with van der Waals surface area (Å²) in [5, 5.41) is 2.72. The van der Waals surface area contributed by atoms with E-state index in [1.54, 1.807) is 12.1 Å². The third-order valence-corrected chi connectivity index (χ3v) is 4.89. The second kappa shape index (κ2) is 9.84. The zero-order chi connectivity index (χ0) is 20.6. The Morgan fingerprint density at radius 2 is 1.66 bits per heavy atom. The zero-order valence-corrected chi connectivity index (χ0v) is 16.0. The third-order valence-electron chi connectivity index (χ3n) is 3.89. The molecule has 0 atom stereocenters. The molecule has 148 valence electrons. The van der Waals surface area contributed by atoms with E-state index >= 15 is 0 Å². The van der Waals surface area contributed by atoms with Crippen LogP contribution in [-0.4, -0.2) is 24.2 Å². The number of esters is 1. The lowest BCUT2D eigenvalue weighted by atomic mass is 10.0. The molecule has 0 radical (unpaired) electrons. The largest absolute Gasteiger partial charge is 0.455 e. The number of anilines is 1. The monoisotopic (exact) mass is 413 g/mol. The lowest BCUT2D eigenvalue weighted by molar-refractivity contribution is -0.144. The van der Waals surface area contributed by atoms with E-state index in [1.165, 1.54) is 0 Å². The Morgan fingerprint density at radius 3 is 2.45 bits per heavy atom. The van der Waals surface area contributed by atoms with Crippen LogP contribution in [0.25, 0.3) is 11.1 Å². The van der Waals surface area contributed by atoms with Crippen LogP contribution in [0.4, 0.5) is 14.5 Å². The Morgan fingerprint density at radius 1 is 0.931 bits per heavy atom. The highest BCUT2D eigenvalue weighted by Crippen LogP contribution is 2.27. The van der Waals surface area contributed by atoms with E-state index in [1.807, 2.05) is 42.5 Å². The SMILES string of the molecule is O=C(COC(=O)CSc1cc(F)ccc1F)Nc1ccccc1-c1ccccc1.